The van der Waals surface area contributed by atoms with Crippen LogP contribution in [0.1, 0.15) is 6.42 Å². The Balaban J connectivity index is 1.47. The van der Waals surface area contributed by atoms with E-state index in [-0.39, 0.29) is 17.5 Å². The highest BCUT2D eigenvalue weighted by molar-refractivity contribution is 7.99. The van der Waals surface area contributed by atoms with Gasteiger partial charge in [-0.25, -0.2) is 9.37 Å². The lowest BCUT2D eigenvalue weighted by Crippen LogP contribution is -2.14. The van der Waals surface area contributed by atoms with Crippen LogP contribution in [-0.2, 0) is 16.1 Å². The molecule has 0 aliphatic carbocycles. The van der Waals surface area contributed by atoms with E-state index in [2.05, 4.69) is 20.5 Å². The smallest absolute Gasteiger partial charge is 0.236 e. The molecule has 0 aliphatic rings. The van der Waals surface area contributed by atoms with Crippen molar-refractivity contribution >= 4 is 56.0 Å². The maximum absolute atomic E-state index is 13.4. The quantitative estimate of drug-likeness (QED) is 0.258. The minimum Gasteiger partial charge on any atom is -0.385 e. The first-order valence-electron chi connectivity index (χ1n) is 9.71. The van der Waals surface area contributed by atoms with E-state index < -0.39 is 0 Å². The second kappa shape index (κ2) is 10.4. The molecule has 2 aromatic carbocycles. The molecule has 4 rings (SSSR count). The summed E-state index contributed by atoms with van der Waals surface area (Å²) in [7, 11) is 1.65. The van der Waals surface area contributed by atoms with Gasteiger partial charge >= 0.3 is 0 Å². The van der Waals surface area contributed by atoms with Gasteiger partial charge < -0.3 is 14.6 Å². The first-order valence-corrected chi connectivity index (χ1v) is 11.9. The molecule has 32 heavy (non-hydrogen) atoms. The van der Waals surface area contributed by atoms with E-state index in [9.17, 15) is 9.18 Å². The first-order chi connectivity index (χ1) is 15.5. The average molecular weight is 492 g/mol. The molecule has 0 saturated carbocycles. The summed E-state index contributed by atoms with van der Waals surface area (Å²) >= 11 is 8.86. The van der Waals surface area contributed by atoms with Gasteiger partial charge in [-0.1, -0.05) is 46.8 Å². The third kappa shape index (κ3) is 5.26. The van der Waals surface area contributed by atoms with Crippen LogP contribution in [0.2, 0.25) is 5.02 Å². The molecule has 0 radical (unpaired) electrons. The van der Waals surface area contributed by atoms with E-state index in [4.69, 9.17) is 16.3 Å². The molecule has 166 valence electrons. The zero-order valence-electron chi connectivity index (χ0n) is 17.0. The number of carbonyl (C=O) groups is 1. The number of methoxy groups -OCH3 is 1. The Labute approximate surface area is 197 Å². The maximum Gasteiger partial charge on any atom is 0.236 e. The molecule has 2 heterocycles. The first kappa shape index (κ1) is 22.7. The van der Waals surface area contributed by atoms with Gasteiger partial charge in [-0.15, -0.1) is 10.2 Å². The second-order valence-electron chi connectivity index (χ2n) is 6.75. The van der Waals surface area contributed by atoms with Crippen molar-refractivity contribution in [1.82, 2.24) is 19.7 Å². The molecule has 0 saturated heterocycles. The Morgan fingerprint density at radius 3 is 2.94 bits per heavy atom. The number of aromatic nitrogens is 4. The summed E-state index contributed by atoms with van der Waals surface area (Å²) in [4.78, 5) is 16.8. The molecule has 7 nitrogen and oxygen atoms in total. The fourth-order valence-corrected chi connectivity index (χ4v) is 4.93. The van der Waals surface area contributed by atoms with Crippen molar-refractivity contribution < 1.29 is 13.9 Å². The van der Waals surface area contributed by atoms with Crippen molar-refractivity contribution in [2.24, 2.45) is 0 Å². The summed E-state index contributed by atoms with van der Waals surface area (Å²) in [6.45, 7) is 1.21. The molecule has 11 heteroatoms. The molecule has 0 aliphatic heterocycles. The van der Waals surface area contributed by atoms with Crippen molar-refractivity contribution in [3.8, 4) is 11.4 Å². The third-order valence-electron chi connectivity index (χ3n) is 4.49. The predicted octanol–water partition coefficient (Wildman–Crippen LogP) is 5.11. The van der Waals surface area contributed by atoms with Crippen molar-refractivity contribution in [2.75, 3.05) is 24.8 Å². The second-order valence-corrected chi connectivity index (χ2v) is 9.13. The van der Waals surface area contributed by atoms with Crippen LogP contribution < -0.4 is 5.32 Å². The van der Waals surface area contributed by atoms with Crippen molar-refractivity contribution in [3.63, 3.8) is 0 Å². The number of fused-ring (bicyclic) bond motifs is 1. The normalized spacial score (nSPS) is 11.2. The molecule has 1 amide bonds. The number of thiazole rings is 1. The lowest BCUT2D eigenvalue weighted by atomic mass is 10.2. The average Bonchev–Trinajstić information content (AvgIpc) is 3.35. The summed E-state index contributed by atoms with van der Waals surface area (Å²) in [6, 6.07) is 11.8. The van der Waals surface area contributed by atoms with Gasteiger partial charge in [0.15, 0.2) is 16.1 Å². The largest absolute Gasteiger partial charge is 0.385 e. The number of rotatable bonds is 9. The number of thioether (sulfide) groups is 1. The topological polar surface area (TPSA) is 81.9 Å². The van der Waals surface area contributed by atoms with Crippen LogP contribution in [0.4, 0.5) is 9.52 Å². The highest BCUT2D eigenvalue weighted by Crippen LogP contribution is 2.30. The Morgan fingerprint density at radius 1 is 1.28 bits per heavy atom. The van der Waals surface area contributed by atoms with Crippen molar-refractivity contribution in [3.05, 3.63) is 53.3 Å². The van der Waals surface area contributed by atoms with E-state index in [1.165, 1.54) is 35.2 Å². The van der Waals surface area contributed by atoms with Crippen LogP contribution >= 0.6 is 34.7 Å². The molecule has 0 spiro atoms. The summed E-state index contributed by atoms with van der Waals surface area (Å²) in [5, 5.41) is 13.0. The number of hydrogen-bond acceptors (Lipinski definition) is 7. The molecule has 4 aromatic rings. The molecular formula is C21H19ClFN5O2S2. The minimum absolute atomic E-state index is 0.120. The lowest BCUT2D eigenvalue weighted by Gasteiger charge is -2.10. The summed E-state index contributed by atoms with van der Waals surface area (Å²) in [5.41, 5.74) is 1.42. The number of anilines is 1. The number of benzene rings is 2. The van der Waals surface area contributed by atoms with E-state index in [0.29, 0.717) is 44.5 Å². The van der Waals surface area contributed by atoms with Crippen LogP contribution in [0.25, 0.3) is 21.6 Å². The minimum atomic E-state index is -0.336. The molecule has 2 aromatic heterocycles. The monoisotopic (exact) mass is 491 g/mol. The van der Waals surface area contributed by atoms with Gasteiger partial charge in [-0.2, -0.15) is 0 Å². The number of ether oxygens (including phenoxy) is 1. The number of nitrogens with zero attached hydrogens (tertiary/aromatic N) is 4. The summed E-state index contributed by atoms with van der Waals surface area (Å²) in [5.74, 6) is 0.190. The fourth-order valence-electron chi connectivity index (χ4n) is 3.04. The van der Waals surface area contributed by atoms with Gasteiger partial charge in [-0.3, -0.25) is 4.79 Å². The Morgan fingerprint density at radius 2 is 2.12 bits per heavy atom. The molecule has 0 atom stereocenters. The maximum atomic E-state index is 13.4. The van der Waals surface area contributed by atoms with Gasteiger partial charge in [0.25, 0.3) is 0 Å². The predicted molar refractivity (Wildman–Crippen MR) is 126 cm³/mol. The van der Waals surface area contributed by atoms with Crippen LogP contribution in [0, 0.1) is 5.82 Å². The number of hydrogen-bond donors (Lipinski definition) is 1. The van der Waals surface area contributed by atoms with Gasteiger partial charge in [-0.05, 0) is 36.8 Å². The van der Waals surface area contributed by atoms with Gasteiger partial charge in [0, 0.05) is 25.8 Å². The Kier molecular flexibility index (Phi) is 7.36. The molecular weight excluding hydrogens is 473 g/mol. The SMILES string of the molecule is COCCCn1c(SCC(=O)Nc2nc3ccc(F)cc3s2)nnc1-c1ccccc1Cl. The van der Waals surface area contributed by atoms with E-state index in [0.717, 1.165) is 12.0 Å². The number of carbonyl (C=O) groups excluding carboxylic acids is 1. The van der Waals surface area contributed by atoms with Crippen LogP contribution in [0.15, 0.2) is 47.6 Å². The molecule has 1 N–H and O–H groups in total. The van der Waals surface area contributed by atoms with E-state index in [1.807, 2.05) is 22.8 Å². The highest BCUT2D eigenvalue weighted by Gasteiger charge is 2.18. The molecule has 0 bridgehead atoms. The Bertz CT molecular complexity index is 1250. The van der Waals surface area contributed by atoms with Gasteiger partial charge in [0.1, 0.15) is 5.82 Å². The van der Waals surface area contributed by atoms with Crippen molar-refractivity contribution in [2.45, 2.75) is 18.1 Å². The standard InChI is InChI=1S/C21H19ClFN5O2S2/c1-30-10-4-9-28-19(14-5-2-3-6-15(14)22)26-27-21(28)31-12-18(29)25-20-24-16-8-7-13(23)11-17(16)32-20/h2-3,5-8,11H,4,9-10,12H2,1H3,(H,24,25,29). The fraction of sp³-hybridized carbons (Fsp3) is 0.238. The van der Waals surface area contributed by atoms with E-state index in [1.54, 1.807) is 19.2 Å². The van der Waals surface area contributed by atoms with Crippen LogP contribution in [0.3, 0.4) is 0 Å². The number of halogens is 2. The number of nitrogens with one attached hydrogen (secondary N) is 1. The highest BCUT2D eigenvalue weighted by atomic mass is 35.5. The summed E-state index contributed by atoms with van der Waals surface area (Å²) in [6.07, 6.45) is 0.758. The summed E-state index contributed by atoms with van der Waals surface area (Å²) < 4.78 is 21.2. The third-order valence-corrected chi connectivity index (χ3v) is 6.72. The van der Waals surface area contributed by atoms with Crippen LogP contribution in [0.5, 0.6) is 0 Å². The van der Waals surface area contributed by atoms with E-state index >= 15 is 0 Å². The molecule has 0 fully saturated rings. The molecule has 0 unspecified atom stereocenters. The number of amides is 1. The lowest BCUT2D eigenvalue weighted by molar-refractivity contribution is -0.113. The van der Waals surface area contributed by atoms with Crippen LogP contribution in [-0.4, -0.2) is 45.1 Å². The Hall–Kier alpha value is -2.53. The van der Waals surface area contributed by atoms with Gasteiger partial charge in [0.2, 0.25) is 5.91 Å². The van der Waals surface area contributed by atoms with Crippen molar-refractivity contribution in [1.29, 1.82) is 0 Å². The van der Waals surface area contributed by atoms with Gasteiger partial charge in [0.05, 0.1) is 21.0 Å². The zero-order valence-corrected chi connectivity index (χ0v) is 19.4. The zero-order chi connectivity index (χ0) is 22.5.